The number of carbonyl (C=O) groups excluding carboxylic acids is 1. The van der Waals surface area contributed by atoms with Crippen molar-refractivity contribution in [3.05, 3.63) is 24.3 Å². The summed E-state index contributed by atoms with van der Waals surface area (Å²) in [7, 11) is 1.39. The topological polar surface area (TPSA) is 64.1 Å². The van der Waals surface area contributed by atoms with Crippen LogP contribution in [0.3, 0.4) is 0 Å². The highest BCUT2D eigenvalue weighted by molar-refractivity contribution is 5.75. The third-order valence-electron chi connectivity index (χ3n) is 2.26. The summed E-state index contributed by atoms with van der Waals surface area (Å²) in [4.78, 5) is 19.3. The van der Waals surface area contributed by atoms with Crippen molar-refractivity contribution in [1.29, 1.82) is 0 Å². The summed E-state index contributed by atoms with van der Waals surface area (Å²) in [5.74, 6) is -0.0658. The van der Waals surface area contributed by atoms with Crippen molar-refractivity contribution >= 4 is 5.97 Å². The quantitative estimate of drug-likeness (QED) is 0.747. The summed E-state index contributed by atoms with van der Waals surface area (Å²) in [5.41, 5.74) is 0.942. The van der Waals surface area contributed by atoms with E-state index in [9.17, 15) is 4.79 Å². The fraction of sp³-hybridized carbons (Fsp3) is 0.545. The largest absolute Gasteiger partial charge is 0.468 e. The average Bonchev–Trinajstić information content (AvgIpc) is 2.30. The van der Waals surface area contributed by atoms with E-state index in [1.54, 1.807) is 12.4 Å². The van der Waals surface area contributed by atoms with Gasteiger partial charge < -0.3 is 4.74 Å². The highest BCUT2D eigenvalue weighted by atomic mass is 16.5. The minimum Gasteiger partial charge on any atom is -0.468 e. The maximum Gasteiger partial charge on any atom is 0.323 e. The molecule has 1 atom stereocenters. The van der Waals surface area contributed by atoms with Crippen LogP contribution < -0.4 is 5.32 Å². The summed E-state index contributed by atoms with van der Waals surface area (Å²) >= 11 is 0. The molecule has 5 heteroatoms. The fourth-order valence-electron chi connectivity index (χ4n) is 1.37. The third-order valence-corrected chi connectivity index (χ3v) is 2.26. The Kier molecular flexibility index (Phi) is 4.85. The molecule has 16 heavy (non-hydrogen) atoms. The lowest BCUT2D eigenvalue weighted by atomic mass is 10.0. The monoisotopic (exact) mass is 223 g/mol. The van der Waals surface area contributed by atoms with Gasteiger partial charge in [0.2, 0.25) is 0 Å². The molecular formula is C11H17N3O2. The minimum absolute atomic E-state index is 0.178. The van der Waals surface area contributed by atoms with Crippen molar-refractivity contribution in [2.24, 2.45) is 5.92 Å². The van der Waals surface area contributed by atoms with Gasteiger partial charge in [0.05, 0.1) is 7.11 Å². The molecular weight excluding hydrogens is 206 g/mol. The van der Waals surface area contributed by atoms with Crippen molar-refractivity contribution in [2.75, 3.05) is 7.11 Å². The molecule has 0 aliphatic rings. The van der Waals surface area contributed by atoms with Crippen molar-refractivity contribution in [1.82, 2.24) is 15.3 Å². The van der Waals surface area contributed by atoms with Gasteiger partial charge in [-0.2, -0.15) is 0 Å². The smallest absolute Gasteiger partial charge is 0.323 e. The van der Waals surface area contributed by atoms with E-state index in [2.05, 4.69) is 15.3 Å². The summed E-state index contributed by atoms with van der Waals surface area (Å²) in [6, 6.07) is -0.301. The van der Waals surface area contributed by atoms with E-state index >= 15 is 0 Å². The van der Waals surface area contributed by atoms with Gasteiger partial charge in [0.15, 0.2) is 0 Å². The Balaban J connectivity index is 2.54. The molecule has 5 nitrogen and oxygen atoms in total. The molecule has 0 amide bonds. The van der Waals surface area contributed by atoms with Crippen LogP contribution >= 0.6 is 0 Å². The Bertz CT molecular complexity index is 327. The number of hydrogen-bond donors (Lipinski definition) is 1. The molecule has 0 bridgehead atoms. The number of carbonyl (C=O) groups is 1. The molecule has 1 aromatic rings. The molecule has 0 unspecified atom stereocenters. The molecule has 0 spiro atoms. The maximum absolute atomic E-state index is 11.5. The Labute approximate surface area is 95.3 Å². The zero-order valence-electron chi connectivity index (χ0n) is 9.80. The van der Waals surface area contributed by atoms with Crippen LogP contribution in [0, 0.1) is 5.92 Å². The number of methoxy groups -OCH3 is 1. The van der Waals surface area contributed by atoms with Crippen LogP contribution in [0.4, 0.5) is 0 Å². The van der Waals surface area contributed by atoms with Crippen molar-refractivity contribution < 1.29 is 9.53 Å². The minimum atomic E-state index is -0.301. The molecule has 0 saturated carbocycles. The second-order valence-corrected chi connectivity index (χ2v) is 3.87. The number of esters is 1. The third kappa shape index (κ3) is 3.58. The molecule has 1 N–H and O–H groups in total. The van der Waals surface area contributed by atoms with Crippen molar-refractivity contribution in [3.8, 4) is 0 Å². The second kappa shape index (κ2) is 6.17. The van der Waals surface area contributed by atoms with E-state index < -0.39 is 0 Å². The highest BCUT2D eigenvalue weighted by Crippen LogP contribution is 2.05. The lowest BCUT2D eigenvalue weighted by Gasteiger charge is -2.19. The van der Waals surface area contributed by atoms with Crippen LogP contribution in [0.5, 0.6) is 0 Å². The molecule has 0 aliphatic carbocycles. The predicted molar refractivity (Wildman–Crippen MR) is 59.5 cm³/mol. The molecule has 88 valence electrons. The van der Waals surface area contributed by atoms with Crippen LogP contribution in [0.1, 0.15) is 19.4 Å². The Hall–Kier alpha value is -1.49. The summed E-state index contributed by atoms with van der Waals surface area (Å²) in [6.07, 6.45) is 4.91. The number of nitrogens with one attached hydrogen (secondary N) is 1. The molecule has 0 fully saturated rings. The molecule has 0 aliphatic heterocycles. The van der Waals surface area contributed by atoms with Gasteiger partial charge in [-0.3, -0.25) is 10.1 Å². The Morgan fingerprint density at radius 2 is 2.06 bits per heavy atom. The highest BCUT2D eigenvalue weighted by Gasteiger charge is 2.21. The van der Waals surface area contributed by atoms with Gasteiger partial charge in [0.25, 0.3) is 0 Å². The van der Waals surface area contributed by atoms with Gasteiger partial charge in [-0.05, 0) is 5.92 Å². The lowest BCUT2D eigenvalue weighted by molar-refractivity contribution is -0.144. The summed E-state index contributed by atoms with van der Waals surface area (Å²) in [6.45, 7) is 4.49. The number of nitrogens with zero attached hydrogens (tertiary/aromatic N) is 2. The van der Waals surface area contributed by atoms with E-state index in [0.717, 1.165) is 5.56 Å². The number of ether oxygens (including phenoxy) is 1. The van der Waals surface area contributed by atoms with E-state index in [0.29, 0.717) is 6.54 Å². The zero-order valence-corrected chi connectivity index (χ0v) is 9.80. The first-order valence-corrected chi connectivity index (χ1v) is 5.20. The molecule has 1 heterocycles. The molecule has 1 aromatic heterocycles. The second-order valence-electron chi connectivity index (χ2n) is 3.87. The first-order valence-electron chi connectivity index (χ1n) is 5.20. The van der Waals surface area contributed by atoms with Crippen LogP contribution in [0.25, 0.3) is 0 Å². The van der Waals surface area contributed by atoms with Gasteiger partial charge in [0, 0.05) is 24.5 Å². The first kappa shape index (κ1) is 12.6. The summed E-state index contributed by atoms with van der Waals surface area (Å²) in [5, 5.41) is 3.13. The standard InChI is InChI=1S/C11H17N3O2/c1-8(2)10(11(15)16-3)14-6-9-4-12-7-13-5-9/h4-5,7-8,10,14H,6H2,1-3H3/t10-/m0/s1. The maximum atomic E-state index is 11.5. The van der Waals surface area contributed by atoms with Crippen LogP contribution in [0.15, 0.2) is 18.7 Å². The van der Waals surface area contributed by atoms with Gasteiger partial charge >= 0.3 is 5.97 Å². The predicted octanol–water partition coefficient (Wildman–Crippen LogP) is 0.764. The van der Waals surface area contributed by atoms with E-state index in [1.165, 1.54) is 13.4 Å². The average molecular weight is 223 g/mol. The van der Waals surface area contributed by atoms with Crippen molar-refractivity contribution in [2.45, 2.75) is 26.4 Å². The number of hydrogen-bond acceptors (Lipinski definition) is 5. The van der Waals surface area contributed by atoms with Crippen LogP contribution in [0.2, 0.25) is 0 Å². The fourth-order valence-corrected chi connectivity index (χ4v) is 1.37. The van der Waals surface area contributed by atoms with Gasteiger partial charge in [0.1, 0.15) is 12.4 Å². The number of rotatable bonds is 5. The molecule has 0 saturated heterocycles. The van der Waals surface area contributed by atoms with Gasteiger partial charge in [-0.15, -0.1) is 0 Å². The Morgan fingerprint density at radius 1 is 1.44 bits per heavy atom. The zero-order chi connectivity index (χ0) is 12.0. The Morgan fingerprint density at radius 3 is 2.56 bits per heavy atom. The van der Waals surface area contributed by atoms with E-state index in [1.807, 2.05) is 13.8 Å². The van der Waals surface area contributed by atoms with E-state index in [4.69, 9.17) is 4.74 Å². The van der Waals surface area contributed by atoms with Crippen molar-refractivity contribution in [3.63, 3.8) is 0 Å². The lowest BCUT2D eigenvalue weighted by Crippen LogP contribution is -2.41. The molecule has 0 radical (unpaired) electrons. The van der Waals surface area contributed by atoms with Crippen LogP contribution in [-0.2, 0) is 16.1 Å². The normalized spacial score (nSPS) is 12.5. The van der Waals surface area contributed by atoms with Gasteiger partial charge in [-0.1, -0.05) is 13.8 Å². The van der Waals surface area contributed by atoms with Gasteiger partial charge in [-0.25, -0.2) is 9.97 Å². The first-order chi connectivity index (χ1) is 7.65. The molecule has 1 rings (SSSR count). The number of aromatic nitrogens is 2. The van der Waals surface area contributed by atoms with Crippen LogP contribution in [-0.4, -0.2) is 29.1 Å². The SMILES string of the molecule is COC(=O)[C@@H](NCc1cncnc1)C(C)C. The summed E-state index contributed by atoms with van der Waals surface area (Å²) < 4.78 is 4.73. The molecule has 0 aromatic carbocycles. The van der Waals surface area contributed by atoms with E-state index in [-0.39, 0.29) is 17.9 Å².